The van der Waals surface area contributed by atoms with Crippen LogP contribution in [0.5, 0.6) is 0 Å². The van der Waals surface area contributed by atoms with Gasteiger partial charge in [0, 0.05) is 24.3 Å². The van der Waals surface area contributed by atoms with Gasteiger partial charge in [0.25, 0.3) is 0 Å². The van der Waals surface area contributed by atoms with E-state index in [-0.39, 0.29) is 13.2 Å². The molecule has 0 aromatic carbocycles. The molecule has 104 valence electrons. The summed E-state index contributed by atoms with van der Waals surface area (Å²) < 4.78 is 13.3. The van der Waals surface area contributed by atoms with Gasteiger partial charge in [-0.25, -0.2) is 19.2 Å². The van der Waals surface area contributed by atoms with Crippen LogP contribution in [0.3, 0.4) is 0 Å². The van der Waals surface area contributed by atoms with Gasteiger partial charge in [0.2, 0.25) is 0 Å². The minimum Gasteiger partial charge on any atom is -0.478 e. The summed E-state index contributed by atoms with van der Waals surface area (Å²) in [4.78, 5) is 42.5. The van der Waals surface area contributed by atoms with Crippen molar-refractivity contribution < 1.29 is 38.5 Å². The fourth-order valence-electron chi connectivity index (χ4n) is 0.724. The average Bonchev–Trinajstić information content (AvgIpc) is 2.38. The molecule has 0 saturated carbocycles. The third-order valence-electron chi connectivity index (χ3n) is 1.49. The first-order chi connectivity index (χ1) is 8.95. The molecule has 0 amide bonds. The van der Waals surface area contributed by atoms with Crippen LogP contribution in [-0.2, 0) is 33.4 Å². The fraction of sp³-hybridized carbons (Fsp3) is 0.273. The fourth-order valence-corrected chi connectivity index (χ4v) is 0.724. The Morgan fingerprint density at radius 1 is 0.842 bits per heavy atom. The van der Waals surface area contributed by atoms with Crippen LogP contribution in [0.1, 0.15) is 0 Å². The lowest BCUT2D eigenvalue weighted by molar-refractivity contribution is -0.146. The smallest absolute Gasteiger partial charge is 0.331 e. The highest BCUT2D eigenvalue weighted by Crippen LogP contribution is 1.87. The summed E-state index contributed by atoms with van der Waals surface area (Å²) in [5, 5.41) is 8.22. The van der Waals surface area contributed by atoms with E-state index in [0.29, 0.717) is 6.08 Å². The zero-order valence-corrected chi connectivity index (χ0v) is 10.0. The number of carboxylic acid groups (broad SMARTS) is 1. The lowest BCUT2D eigenvalue weighted by atomic mass is 10.5. The highest BCUT2D eigenvalue weighted by molar-refractivity contribution is 5.92. The number of esters is 3. The van der Waals surface area contributed by atoms with E-state index in [1.54, 1.807) is 0 Å². The lowest BCUT2D eigenvalue weighted by Gasteiger charge is -2.02. The highest BCUT2D eigenvalue weighted by Gasteiger charge is 2.01. The molecular formula is C11H12O8. The Bertz CT molecular complexity index is 407. The number of hydrogen-bond acceptors (Lipinski definition) is 7. The summed E-state index contributed by atoms with van der Waals surface area (Å²) in [5.41, 5.74) is 0. The van der Waals surface area contributed by atoms with E-state index in [1.807, 2.05) is 0 Å². The Hall–Kier alpha value is -2.64. The van der Waals surface area contributed by atoms with Crippen molar-refractivity contribution in [2.24, 2.45) is 0 Å². The zero-order valence-electron chi connectivity index (χ0n) is 10.0. The largest absolute Gasteiger partial charge is 0.478 e. The van der Waals surface area contributed by atoms with Crippen LogP contribution in [0.15, 0.2) is 24.3 Å². The molecule has 0 heterocycles. The van der Waals surface area contributed by atoms with Crippen LogP contribution in [-0.4, -0.2) is 49.3 Å². The summed E-state index contributed by atoms with van der Waals surface area (Å²) in [5.74, 6) is -3.66. The van der Waals surface area contributed by atoms with Crippen LogP contribution < -0.4 is 0 Å². The number of ether oxygens (including phenoxy) is 3. The maximum Gasteiger partial charge on any atom is 0.331 e. The van der Waals surface area contributed by atoms with Gasteiger partial charge < -0.3 is 19.3 Å². The third-order valence-corrected chi connectivity index (χ3v) is 1.49. The van der Waals surface area contributed by atoms with Crippen molar-refractivity contribution in [3.63, 3.8) is 0 Å². The molecule has 1 N–H and O–H groups in total. The van der Waals surface area contributed by atoms with Gasteiger partial charge in [0.1, 0.15) is 13.2 Å². The van der Waals surface area contributed by atoms with Crippen LogP contribution in [0.4, 0.5) is 0 Å². The zero-order chi connectivity index (χ0) is 14.7. The third kappa shape index (κ3) is 10.2. The minimum absolute atomic E-state index is 0.225. The van der Waals surface area contributed by atoms with Crippen LogP contribution in [0.25, 0.3) is 0 Å². The molecule has 0 fully saturated rings. The molecule has 0 unspecified atom stereocenters. The molecule has 0 radical (unpaired) electrons. The highest BCUT2D eigenvalue weighted by atomic mass is 16.6. The number of methoxy groups -OCH3 is 1. The molecule has 0 atom stereocenters. The molecular weight excluding hydrogens is 260 g/mol. The predicted octanol–water partition coefficient (Wildman–Crippen LogP) is -0.557. The van der Waals surface area contributed by atoms with Gasteiger partial charge in [-0.15, -0.1) is 0 Å². The SMILES string of the molecule is COC(=O)/C=C/C(=O)OCCOC(=O)C=CC(=O)O. The van der Waals surface area contributed by atoms with E-state index >= 15 is 0 Å². The van der Waals surface area contributed by atoms with E-state index in [9.17, 15) is 19.2 Å². The molecule has 0 aromatic rings. The molecule has 0 saturated heterocycles. The second-order valence-electron chi connectivity index (χ2n) is 2.86. The van der Waals surface area contributed by atoms with Gasteiger partial charge in [-0.1, -0.05) is 0 Å². The molecule has 0 rings (SSSR count). The first-order valence-electron chi connectivity index (χ1n) is 4.96. The Morgan fingerprint density at radius 2 is 1.26 bits per heavy atom. The number of aliphatic carboxylic acids is 1. The number of carbonyl (C=O) groups excluding carboxylic acids is 3. The molecule has 0 aliphatic rings. The summed E-state index contributed by atoms with van der Waals surface area (Å²) in [6, 6.07) is 0. The monoisotopic (exact) mass is 272 g/mol. The van der Waals surface area contributed by atoms with E-state index in [2.05, 4.69) is 14.2 Å². The quantitative estimate of drug-likeness (QED) is 0.284. The van der Waals surface area contributed by atoms with Gasteiger partial charge in [-0.05, 0) is 0 Å². The summed E-state index contributed by atoms with van der Waals surface area (Å²) >= 11 is 0. The van der Waals surface area contributed by atoms with Crippen LogP contribution in [0.2, 0.25) is 0 Å². The topological polar surface area (TPSA) is 116 Å². The van der Waals surface area contributed by atoms with Gasteiger partial charge in [-0.2, -0.15) is 0 Å². The van der Waals surface area contributed by atoms with Crippen molar-refractivity contribution >= 4 is 23.9 Å². The van der Waals surface area contributed by atoms with E-state index in [4.69, 9.17) is 5.11 Å². The Morgan fingerprint density at radius 3 is 1.68 bits per heavy atom. The van der Waals surface area contributed by atoms with E-state index in [0.717, 1.165) is 25.3 Å². The number of rotatable bonds is 7. The molecule has 19 heavy (non-hydrogen) atoms. The van der Waals surface area contributed by atoms with Crippen LogP contribution >= 0.6 is 0 Å². The normalized spacial score (nSPS) is 10.4. The van der Waals surface area contributed by atoms with Gasteiger partial charge >= 0.3 is 23.9 Å². The summed E-state index contributed by atoms with van der Waals surface area (Å²) in [6.07, 6.45) is 3.08. The number of hydrogen-bond donors (Lipinski definition) is 1. The average molecular weight is 272 g/mol. The Labute approximate surface area is 108 Å². The van der Waals surface area contributed by atoms with Gasteiger partial charge in [0.05, 0.1) is 7.11 Å². The number of carboxylic acids is 1. The molecule has 0 aromatic heterocycles. The first kappa shape index (κ1) is 16.4. The Kier molecular flexibility index (Phi) is 8.09. The predicted molar refractivity (Wildman–Crippen MR) is 59.8 cm³/mol. The van der Waals surface area contributed by atoms with Crippen molar-refractivity contribution in [2.75, 3.05) is 20.3 Å². The maximum atomic E-state index is 11.0. The second kappa shape index (κ2) is 9.40. The standard InChI is InChI=1S/C11H12O8/c1-17-9(14)4-5-11(16)19-7-6-18-10(15)3-2-8(12)13/h2-5H,6-7H2,1H3,(H,12,13)/b3-2?,5-4+. The Balaban J connectivity index is 3.78. The molecule has 0 aliphatic heterocycles. The maximum absolute atomic E-state index is 11.0. The van der Waals surface area contributed by atoms with Crippen molar-refractivity contribution in [3.8, 4) is 0 Å². The van der Waals surface area contributed by atoms with Crippen molar-refractivity contribution in [3.05, 3.63) is 24.3 Å². The summed E-state index contributed by atoms with van der Waals surface area (Å²) in [7, 11) is 1.15. The van der Waals surface area contributed by atoms with Crippen molar-refractivity contribution in [1.82, 2.24) is 0 Å². The summed E-state index contributed by atoms with van der Waals surface area (Å²) in [6.45, 7) is -0.461. The molecule has 0 aliphatic carbocycles. The molecule has 8 heteroatoms. The van der Waals surface area contributed by atoms with Crippen molar-refractivity contribution in [2.45, 2.75) is 0 Å². The van der Waals surface area contributed by atoms with Gasteiger partial charge in [-0.3, -0.25) is 0 Å². The lowest BCUT2D eigenvalue weighted by Crippen LogP contribution is -2.12. The number of carbonyl (C=O) groups is 4. The molecule has 0 spiro atoms. The molecule has 0 bridgehead atoms. The first-order valence-corrected chi connectivity index (χ1v) is 4.96. The van der Waals surface area contributed by atoms with E-state index in [1.165, 1.54) is 0 Å². The van der Waals surface area contributed by atoms with Gasteiger partial charge in [0.15, 0.2) is 0 Å². The van der Waals surface area contributed by atoms with E-state index < -0.39 is 23.9 Å². The molecule has 8 nitrogen and oxygen atoms in total. The van der Waals surface area contributed by atoms with Crippen molar-refractivity contribution in [1.29, 1.82) is 0 Å². The minimum atomic E-state index is -1.28. The van der Waals surface area contributed by atoms with Crippen LogP contribution in [0, 0.1) is 0 Å². The second-order valence-corrected chi connectivity index (χ2v) is 2.86.